The summed E-state index contributed by atoms with van der Waals surface area (Å²) in [6, 6.07) is 6.85. The highest BCUT2D eigenvalue weighted by Crippen LogP contribution is 2.18. The fraction of sp³-hybridized carbons (Fsp3) is 0.562. The number of morpholine rings is 1. The number of hydrogen-bond donors (Lipinski definition) is 2. The first-order valence-corrected chi connectivity index (χ1v) is 9.42. The van der Waals surface area contributed by atoms with E-state index in [1.54, 1.807) is 24.3 Å². The number of sulfonamides is 1. The van der Waals surface area contributed by atoms with E-state index >= 15 is 0 Å². The second-order valence-electron chi connectivity index (χ2n) is 6.74. The lowest BCUT2D eigenvalue weighted by atomic mass is 10.1. The molecule has 0 amide bonds. The third-order valence-electron chi connectivity index (χ3n) is 3.45. The van der Waals surface area contributed by atoms with Crippen molar-refractivity contribution in [1.29, 1.82) is 0 Å². The van der Waals surface area contributed by atoms with E-state index in [0.717, 1.165) is 0 Å². The van der Waals surface area contributed by atoms with Crippen molar-refractivity contribution < 1.29 is 13.2 Å². The van der Waals surface area contributed by atoms with Gasteiger partial charge in [0.15, 0.2) is 5.96 Å². The summed E-state index contributed by atoms with van der Waals surface area (Å²) < 4.78 is 33.1. The molecule has 7 nitrogen and oxygen atoms in total. The Balaban J connectivity index is 2.20. The summed E-state index contributed by atoms with van der Waals surface area (Å²) >= 11 is 0. The molecule has 1 aromatic rings. The van der Waals surface area contributed by atoms with Crippen LogP contribution >= 0.6 is 0 Å². The molecule has 0 aromatic heterocycles. The van der Waals surface area contributed by atoms with Crippen LogP contribution in [0.4, 0.5) is 0 Å². The largest absolute Gasteiger partial charge is 0.378 e. The lowest BCUT2D eigenvalue weighted by Crippen LogP contribution is -2.44. The Bertz CT molecular complexity index is 690. The highest BCUT2D eigenvalue weighted by molar-refractivity contribution is 7.89. The monoisotopic (exact) mass is 354 g/mol. The van der Waals surface area contributed by atoms with Gasteiger partial charge in [0.1, 0.15) is 0 Å². The van der Waals surface area contributed by atoms with Crippen molar-refractivity contribution in [2.24, 2.45) is 10.7 Å². The molecule has 8 heteroatoms. The summed E-state index contributed by atoms with van der Waals surface area (Å²) in [6.07, 6.45) is 0. The Labute approximate surface area is 143 Å². The maximum absolute atomic E-state index is 12.6. The minimum atomic E-state index is -3.62. The molecule has 1 aromatic carbocycles. The number of aliphatic imine (C=N–C) groups is 1. The van der Waals surface area contributed by atoms with E-state index in [0.29, 0.717) is 37.8 Å². The van der Waals surface area contributed by atoms with Crippen molar-refractivity contribution in [3.8, 4) is 0 Å². The number of ether oxygens (including phenoxy) is 1. The Kier molecular flexibility index (Phi) is 5.84. The molecule has 2 rings (SSSR count). The first-order chi connectivity index (χ1) is 11.2. The SMILES string of the molecule is CC(C)(C)NS(=O)(=O)c1ccccc1CN=C(N)N1CCOCC1. The fourth-order valence-corrected chi connectivity index (χ4v) is 4.06. The number of guanidine groups is 1. The fourth-order valence-electron chi connectivity index (χ4n) is 2.41. The molecule has 24 heavy (non-hydrogen) atoms. The number of hydrogen-bond acceptors (Lipinski definition) is 4. The van der Waals surface area contributed by atoms with Gasteiger partial charge in [-0.05, 0) is 32.4 Å². The van der Waals surface area contributed by atoms with Gasteiger partial charge in [0, 0.05) is 18.6 Å². The van der Waals surface area contributed by atoms with E-state index in [2.05, 4.69) is 9.71 Å². The number of nitrogens with two attached hydrogens (primary N) is 1. The van der Waals surface area contributed by atoms with E-state index in [4.69, 9.17) is 10.5 Å². The Morgan fingerprint density at radius 2 is 1.92 bits per heavy atom. The lowest BCUT2D eigenvalue weighted by molar-refractivity contribution is 0.0674. The number of nitrogens with zero attached hydrogens (tertiary/aromatic N) is 2. The third-order valence-corrected chi connectivity index (χ3v) is 5.31. The van der Waals surface area contributed by atoms with Gasteiger partial charge in [-0.15, -0.1) is 0 Å². The van der Waals surface area contributed by atoms with Crippen molar-refractivity contribution in [3.63, 3.8) is 0 Å². The van der Waals surface area contributed by atoms with Crippen molar-refractivity contribution in [1.82, 2.24) is 9.62 Å². The maximum atomic E-state index is 12.6. The summed E-state index contributed by atoms with van der Waals surface area (Å²) in [5.41, 5.74) is 6.08. The molecule has 0 radical (unpaired) electrons. The van der Waals surface area contributed by atoms with Crippen LogP contribution in [-0.4, -0.2) is 51.1 Å². The minimum absolute atomic E-state index is 0.213. The topological polar surface area (TPSA) is 97.0 Å². The maximum Gasteiger partial charge on any atom is 0.241 e. The summed E-state index contributed by atoms with van der Waals surface area (Å²) in [5.74, 6) is 0.411. The van der Waals surface area contributed by atoms with Gasteiger partial charge in [0.25, 0.3) is 0 Å². The van der Waals surface area contributed by atoms with Gasteiger partial charge in [0.05, 0.1) is 24.7 Å². The molecule has 0 saturated carbocycles. The lowest BCUT2D eigenvalue weighted by Gasteiger charge is -2.27. The van der Waals surface area contributed by atoms with Crippen LogP contribution in [0.15, 0.2) is 34.2 Å². The first-order valence-electron chi connectivity index (χ1n) is 7.93. The van der Waals surface area contributed by atoms with Crippen LogP contribution in [0.1, 0.15) is 26.3 Å². The molecule has 0 aliphatic carbocycles. The average molecular weight is 354 g/mol. The van der Waals surface area contributed by atoms with Crippen LogP contribution in [0.5, 0.6) is 0 Å². The van der Waals surface area contributed by atoms with E-state index in [1.807, 2.05) is 25.7 Å². The summed E-state index contributed by atoms with van der Waals surface area (Å²) in [4.78, 5) is 6.53. The van der Waals surface area contributed by atoms with Crippen LogP contribution in [0.2, 0.25) is 0 Å². The highest BCUT2D eigenvalue weighted by atomic mass is 32.2. The predicted molar refractivity (Wildman–Crippen MR) is 94.2 cm³/mol. The highest BCUT2D eigenvalue weighted by Gasteiger charge is 2.24. The number of benzene rings is 1. The molecule has 1 fully saturated rings. The first kappa shape index (κ1) is 18.7. The molecule has 0 spiro atoms. The standard InChI is InChI=1S/C16H26N4O3S/c1-16(2,3)19-24(21,22)14-7-5-4-6-13(14)12-18-15(17)20-8-10-23-11-9-20/h4-7,19H,8-12H2,1-3H3,(H2,17,18). The van der Waals surface area contributed by atoms with E-state index in [-0.39, 0.29) is 11.4 Å². The molecule has 0 atom stereocenters. The van der Waals surface area contributed by atoms with Crippen LogP contribution in [0, 0.1) is 0 Å². The molecule has 1 aliphatic heterocycles. The third kappa shape index (κ3) is 5.19. The summed E-state index contributed by atoms with van der Waals surface area (Å²) in [7, 11) is -3.62. The van der Waals surface area contributed by atoms with E-state index in [1.165, 1.54) is 0 Å². The van der Waals surface area contributed by atoms with Crippen molar-refractivity contribution in [2.45, 2.75) is 37.8 Å². The van der Waals surface area contributed by atoms with Crippen LogP contribution in [0.3, 0.4) is 0 Å². The van der Waals surface area contributed by atoms with Crippen LogP contribution in [-0.2, 0) is 21.3 Å². The predicted octanol–water partition coefficient (Wildman–Crippen LogP) is 0.910. The zero-order valence-electron chi connectivity index (χ0n) is 14.4. The van der Waals surface area contributed by atoms with E-state index in [9.17, 15) is 8.42 Å². The molecule has 3 N–H and O–H groups in total. The summed E-state index contributed by atoms with van der Waals surface area (Å²) in [6.45, 7) is 8.27. The van der Waals surface area contributed by atoms with Crippen molar-refractivity contribution >= 4 is 16.0 Å². The zero-order valence-corrected chi connectivity index (χ0v) is 15.3. The van der Waals surface area contributed by atoms with Crippen molar-refractivity contribution in [2.75, 3.05) is 26.3 Å². The van der Waals surface area contributed by atoms with Gasteiger partial charge in [-0.1, -0.05) is 18.2 Å². The molecule has 0 unspecified atom stereocenters. The number of nitrogens with one attached hydrogen (secondary N) is 1. The molecule has 134 valence electrons. The molecular formula is C16H26N4O3S. The van der Waals surface area contributed by atoms with Gasteiger partial charge in [-0.25, -0.2) is 18.1 Å². The second-order valence-corrected chi connectivity index (χ2v) is 8.39. The van der Waals surface area contributed by atoms with Crippen LogP contribution < -0.4 is 10.5 Å². The quantitative estimate of drug-likeness (QED) is 0.619. The Morgan fingerprint density at radius 3 is 2.54 bits per heavy atom. The molecule has 1 aliphatic rings. The van der Waals surface area contributed by atoms with Gasteiger partial charge >= 0.3 is 0 Å². The zero-order chi connectivity index (χ0) is 17.8. The Hall–Kier alpha value is -1.64. The van der Waals surface area contributed by atoms with Gasteiger partial charge in [-0.3, -0.25) is 0 Å². The average Bonchev–Trinajstić information content (AvgIpc) is 2.51. The molecule has 1 saturated heterocycles. The second kappa shape index (κ2) is 7.50. The van der Waals surface area contributed by atoms with Crippen molar-refractivity contribution in [3.05, 3.63) is 29.8 Å². The van der Waals surface area contributed by atoms with Gasteiger partial charge in [0.2, 0.25) is 10.0 Å². The normalized spacial score (nSPS) is 17.1. The molecule has 0 bridgehead atoms. The Morgan fingerprint density at radius 1 is 1.29 bits per heavy atom. The van der Waals surface area contributed by atoms with Gasteiger partial charge in [-0.2, -0.15) is 0 Å². The minimum Gasteiger partial charge on any atom is -0.378 e. The molecule has 1 heterocycles. The smallest absolute Gasteiger partial charge is 0.241 e. The van der Waals surface area contributed by atoms with Gasteiger partial charge < -0.3 is 15.4 Å². The summed E-state index contributed by atoms with van der Waals surface area (Å²) in [5, 5.41) is 0. The van der Waals surface area contributed by atoms with E-state index < -0.39 is 15.6 Å². The molecular weight excluding hydrogens is 328 g/mol. The van der Waals surface area contributed by atoms with Crippen LogP contribution in [0.25, 0.3) is 0 Å². The number of rotatable bonds is 4.